The summed E-state index contributed by atoms with van der Waals surface area (Å²) in [5.74, 6) is 7.98. The Morgan fingerprint density at radius 3 is 1.06 bits per heavy atom. The maximum absolute atomic E-state index is 12.1. The third-order valence-corrected chi connectivity index (χ3v) is 19.2. The Bertz CT molecular complexity index is 2200. The molecule has 0 atom stereocenters. The molecule has 0 N–H and O–H groups in total. The average molecular weight is 1630 g/mol. The first-order valence-corrected chi connectivity index (χ1v) is 42.6. The summed E-state index contributed by atoms with van der Waals surface area (Å²) < 4.78 is 18.2. The first-order valence-electron chi connectivity index (χ1n) is 27.2. The summed E-state index contributed by atoms with van der Waals surface area (Å²) in [7, 11) is 23.2. The van der Waals surface area contributed by atoms with Gasteiger partial charge in [-0.15, -0.1) is 0 Å². The van der Waals surface area contributed by atoms with E-state index in [4.69, 9.17) is 16.3 Å². The topological polar surface area (TPSA) is 22.1 Å². The van der Waals surface area contributed by atoms with Crippen LogP contribution in [0.2, 0.25) is 5.02 Å². The molecule has 0 aliphatic rings. The lowest BCUT2D eigenvalue weighted by molar-refractivity contribution is 0.414. The number of aromatic nitrogens is 1. The van der Waals surface area contributed by atoms with Crippen LogP contribution in [0, 0.1) is 61.2 Å². The van der Waals surface area contributed by atoms with Gasteiger partial charge in [0.25, 0.3) is 0 Å². The summed E-state index contributed by atoms with van der Waals surface area (Å²) in [6.07, 6.45) is 14.3. The minimum atomic E-state index is -0.171. The molecule has 0 spiro atoms. The summed E-state index contributed by atoms with van der Waals surface area (Å²) in [5, 5.41) is 2.72. The van der Waals surface area contributed by atoms with Crippen LogP contribution in [0.4, 0.5) is 4.39 Å². The van der Waals surface area contributed by atoms with Gasteiger partial charge < -0.3 is 4.74 Å². The molecule has 87 heavy (non-hydrogen) atoms. The third kappa shape index (κ3) is 83.2. The van der Waals surface area contributed by atoms with E-state index in [0.29, 0.717) is 10.2 Å². The van der Waals surface area contributed by atoms with Crippen molar-refractivity contribution in [1.29, 1.82) is 0 Å². The van der Waals surface area contributed by atoms with Crippen molar-refractivity contribution in [3.63, 3.8) is 0 Å². The largest absolute Gasteiger partial charge is 0.497 e. The molecule has 19 heteroatoms. The molecule has 7 aromatic rings. The number of pyridine rings is 1. The summed E-state index contributed by atoms with van der Waals surface area (Å²) in [4.78, 5) is 3.98. The minimum Gasteiger partial charge on any atom is -0.497 e. The fourth-order valence-electron chi connectivity index (χ4n) is 4.60. The predicted octanol–water partition coefficient (Wildman–Crippen LogP) is 27.6. The molecule has 0 radical (unpaired) electrons. The van der Waals surface area contributed by atoms with Crippen molar-refractivity contribution in [1.82, 2.24) is 4.98 Å². The van der Waals surface area contributed by atoms with Crippen molar-refractivity contribution in [2.45, 2.75) is 76.2 Å². The summed E-state index contributed by atoms with van der Waals surface area (Å²) in [6, 6.07) is 54.9. The fraction of sp³-hybridized carbons (Fsp3) is 0.309. The molecule has 0 aliphatic heterocycles. The lowest BCUT2D eigenvalue weighted by atomic mass is 10.2. The normalized spacial score (nSPS) is 9.40. The van der Waals surface area contributed by atoms with Gasteiger partial charge >= 0.3 is 0 Å². The Labute approximate surface area is 611 Å². The van der Waals surface area contributed by atoms with Crippen molar-refractivity contribution in [3.05, 3.63) is 272 Å². The summed E-state index contributed by atoms with van der Waals surface area (Å²) in [5.41, 5.74) is 9.95. The van der Waals surface area contributed by atoms with Crippen LogP contribution >= 0.6 is 192 Å². The standard InChI is InChI=1S/C8H10O.C8H16S6.C8H10.C7H7Br.C7H7Cl.C7H7F.C7H8.C6H7N.C4H6Br2.C4H8S2.C2H6S.Cl2S/c1-7-3-5-8(9-2)6-4-7;1-3-9-13-11-7-5-6-8-12-14-10-4-2;1-7-3-5-8(2)6-4-7;3*1-6-2-4-7(8)5-3-6;1-7-5-3-2-4-6-7;1-6-4-2-3-5-7-6;2*5-3-1-2-4-6;1-2-3;1-3-2/h3-6H,1-2H3;5-6H,3-4,7-8H2,1-2H3;3-6H,1-2H3;3*2-5H,1H3;2-6H,1H3;2-5H,1H3;1-2H,3-4H2;1-2,5-6H,3-4H2;3H,2H2,1H3;/b;6-5+;;;;;;;2*2-1+;;. The highest BCUT2D eigenvalue weighted by Crippen LogP contribution is 2.35. The second-order valence-corrected chi connectivity index (χ2v) is 31.3. The first-order chi connectivity index (χ1) is 41.8. The van der Waals surface area contributed by atoms with Crippen molar-refractivity contribution in [2.75, 3.05) is 58.0 Å². The Kier molecular flexibility index (Phi) is 84.8. The van der Waals surface area contributed by atoms with Gasteiger partial charge in [0.2, 0.25) is 0 Å². The monoisotopic (exact) mass is 1620 g/mol. The van der Waals surface area contributed by atoms with Crippen molar-refractivity contribution >= 4 is 192 Å². The molecule has 6 aromatic carbocycles. The molecule has 7 rings (SSSR count). The number of aryl methyl sites for hydroxylation is 8. The van der Waals surface area contributed by atoms with E-state index in [-0.39, 0.29) is 5.82 Å². The Balaban J connectivity index is -0.000000286. The van der Waals surface area contributed by atoms with Gasteiger partial charge in [0.05, 0.1) is 17.3 Å². The number of rotatable bonds is 15. The lowest BCUT2D eigenvalue weighted by Gasteiger charge is -1.97. The van der Waals surface area contributed by atoms with Crippen molar-refractivity contribution in [3.8, 4) is 5.75 Å². The van der Waals surface area contributed by atoms with Crippen LogP contribution in [-0.4, -0.2) is 63.0 Å². The molecule has 1 aromatic heterocycles. The van der Waals surface area contributed by atoms with E-state index in [9.17, 15) is 4.39 Å². The molecule has 0 saturated heterocycles. The predicted molar refractivity (Wildman–Crippen MR) is 438 cm³/mol. The smallest absolute Gasteiger partial charge is 0.123 e. The molecule has 0 unspecified atom stereocenters. The highest BCUT2D eigenvalue weighted by molar-refractivity contribution is 9.11. The number of benzene rings is 6. The third-order valence-electron chi connectivity index (χ3n) is 8.91. The van der Waals surface area contributed by atoms with Crippen molar-refractivity contribution in [2.24, 2.45) is 0 Å². The molecule has 0 bridgehead atoms. The van der Waals surface area contributed by atoms with E-state index < -0.39 is 0 Å². The van der Waals surface area contributed by atoms with E-state index in [1.54, 1.807) is 25.4 Å². The lowest BCUT2D eigenvalue weighted by Crippen LogP contribution is -1.80. The molecule has 0 aliphatic carbocycles. The Morgan fingerprint density at radius 1 is 0.471 bits per heavy atom. The number of ether oxygens (including phenoxy) is 1. The van der Waals surface area contributed by atoms with Crippen LogP contribution in [0.25, 0.3) is 0 Å². The maximum atomic E-state index is 12.1. The van der Waals surface area contributed by atoms with Gasteiger partial charge in [-0.05, 0) is 163 Å². The quantitative estimate of drug-likeness (QED) is 0.0305. The van der Waals surface area contributed by atoms with Gasteiger partial charge in [-0.25, -0.2) is 4.39 Å². The van der Waals surface area contributed by atoms with Crippen molar-refractivity contribution < 1.29 is 9.13 Å². The number of thiol groups is 3. The zero-order valence-electron chi connectivity index (χ0n) is 52.3. The molecular formula is C68H92Br3Cl3FNOS10. The summed E-state index contributed by atoms with van der Waals surface area (Å²) in [6.45, 7) is 22.7. The Hall–Kier alpha value is -0.770. The van der Waals surface area contributed by atoms with E-state index in [1.807, 2.05) is 200 Å². The second-order valence-electron chi connectivity index (χ2n) is 16.7. The van der Waals surface area contributed by atoms with Crippen LogP contribution in [0.5, 0.6) is 5.75 Å². The van der Waals surface area contributed by atoms with Crippen LogP contribution in [-0.2, 0) is 0 Å². The number of hydrogen-bond acceptors (Lipinski definition) is 12. The van der Waals surface area contributed by atoms with Gasteiger partial charge in [-0.1, -0.05) is 308 Å². The number of methoxy groups -OCH3 is 1. The van der Waals surface area contributed by atoms with Crippen LogP contribution in [0.1, 0.15) is 65.4 Å². The van der Waals surface area contributed by atoms with E-state index in [0.717, 1.165) is 65.9 Å². The summed E-state index contributed by atoms with van der Waals surface area (Å²) >= 11 is 27.1. The zero-order valence-corrected chi connectivity index (χ0v) is 67.7. The fourth-order valence-corrected chi connectivity index (χ4v) is 12.4. The van der Waals surface area contributed by atoms with Gasteiger partial charge in [-0.2, -0.15) is 37.9 Å². The molecule has 1 heterocycles. The average Bonchev–Trinajstić information content (AvgIpc) is 3.58. The van der Waals surface area contributed by atoms with Gasteiger partial charge in [0.15, 0.2) is 0 Å². The molecular weight excluding hydrogens is 1530 g/mol. The zero-order chi connectivity index (χ0) is 66.4. The van der Waals surface area contributed by atoms with E-state index in [1.165, 1.54) is 57.0 Å². The number of allylic oxidation sites excluding steroid dienone is 2. The van der Waals surface area contributed by atoms with Crippen LogP contribution in [0.15, 0.2) is 217 Å². The number of nitrogens with zero attached hydrogens (tertiary/aromatic N) is 1. The highest BCUT2D eigenvalue weighted by atomic mass is 79.9. The number of halogens is 7. The molecule has 0 fully saturated rings. The number of alkyl halides is 2. The SMILES string of the molecule is BrC/C=C/CBr.CCS.CCSSSC/C=C/CSSSCC.COc1ccc(C)cc1.Cc1ccc(Br)cc1.Cc1ccc(C)cc1.Cc1ccc(Cl)cc1.Cc1ccc(F)cc1.Cc1ccccc1.Cc1ccccn1.ClSCl.SC/C=C/CS. The molecule has 0 saturated carbocycles. The minimum absolute atomic E-state index is 0.171. The molecule has 0 amide bonds. The molecule has 484 valence electrons. The Morgan fingerprint density at radius 2 is 0.805 bits per heavy atom. The second kappa shape index (κ2) is 77.7. The van der Waals surface area contributed by atoms with Gasteiger partial charge in [-0.3, -0.25) is 4.98 Å². The number of hydrogen-bond donors (Lipinski definition) is 3. The van der Waals surface area contributed by atoms with Crippen LogP contribution in [0.3, 0.4) is 0 Å². The van der Waals surface area contributed by atoms with Crippen LogP contribution < -0.4 is 4.74 Å². The van der Waals surface area contributed by atoms with E-state index in [2.05, 4.69) is 233 Å². The maximum Gasteiger partial charge on any atom is 0.123 e. The first kappa shape index (κ1) is 94.9. The molecule has 2 nitrogen and oxygen atoms in total. The van der Waals surface area contributed by atoms with Gasteiger partial charge in [0.1, 0.15) is 11.6 Å². The van der Waals surface area contributed by atoms with Gasteiger partial charge in [0, 0.05) is 66.6 Å². The highest BCUT2D eigenvalue weighted by Gasteiger charge is 1.89. The van der Waals surface area contributed by atoms with E-state index >= 15 is 0 Å².